The smallest absolute Gasteiger partial charge is 0.111 e. The fraction of sp³-hybridized carbons (Fsp3) is 0.0385. The third-order valence-corrected chi connectivity index (χ3v) is 5.15. The summed E-state index contributed by atoms with van der Waals surface area (Å²) in [7, 11) is 0. The Hall–Kier alpha value is -3.65. The van der Waals surface area contributed by atoms with Gasteiger partial charge < -0.3 is 0 Å². The Morgan fingerprint density at radius 3 is 1.68 bits per heavy atom. The molecule has 0 amide bonds. The molecular formula is C26H20N2. The Kier molecular flexibility index (Phi) is 4.02. The van der Waals surface area contributed by atoms with Gasteiger partial charge in [0, 0.05) is 5.69 Å². The van der Waals surface area contributed by atoms with Crippen LogP contribution >= 0.6 is 0 Å². The maximum Gasteiger partial charge on any atom is 0.111 e. The van der Waals surface area contributed by atoms with Gasteiger partial charge in [-0.15, -0.1) is 0 Å². The van der Waals surface area contributed by atoms with Crippen molar-refractivity contribution in [2.24, 2.45) is 0 Å². The molecule has 0 saturated heterocycles. The summed E-state index contributed by atoms with van der Waals surface area (Å²) in [6, 6.07) is 36.1. The maximum absolute atomic E-state index is 4.87. The van der Waals surface area contributed by atoms with Crippen molar-refractivity contribution in [2.75, 3.05) is 0 Å². The summed E-state index contributed by atoms with van der Waals surface area (Å²) in [4.78, 5) is 4.87. The predicted octanol–water partition coefficient (Wildman–Crippen LogP) is 6.67. The van der Waals surface area contributed by atoms with Gasteiger partial charge in [-0.05, 0) is 53.4 Å². The molecule has 5 rings (SSSR count). The highest BCUT2D eigenvalue weighted by Crippen LogP contribution is 2.36. The van der Waals surface area contributed by atoms with Gasteiger partial charge in [0.1, 0.15) is 5.82 Å². The van der Waals surface area contributed by atoms with Crippen LogP contribution in [-0.2, 0) is 0 Å². The van der Waals surface area contributed by atoms with Gasteiger partial charge in [0.15, 0.2) is 0 Å². The number of benzene rings is 4. The lowest BCUT2D eigenvalue weighted by Crippen LogP contribution is -1.96. The predicted molar refractivity (Wildman–Crippen MR) is 117 cm³/mol. The Labute approximate surface area is 164 Å². The molecular weight excluding hydrogens is 340 g/mol. The molecule has 0 aliphatic carbocycles. The maximum atomic E-state index is 4.87. The van der Waals surface area contributed by atoms with Gasteiger partial charge in [0.2, 0.25) is 0 Å². The van der Waals surface area contributed by atoms with Crippen molar-refractivity contribution in [3.05, 3.63) is 109 Å². The zero-order valence-corrected chi connectivity index (χ0v) is 15.7. The van der Waals surface area contributed by atoms with E-state index >= 15 is 0 Å². The van der Waals surface area contributed by atoms with Crippen LogP contribution in [0, 0.1) is 6.92 Å². The molecule has 0 unspecified atom stereocenters. The first-order valence-electron chi connectivity index (χ1n) is 9.50. The van der Waals surface area contributed by atoms with Gasteiger partial charge >= 0.3 is 0 Å². The normalized spacial score (nSPS) is 11.0. The van der Waals surface area contributed by atoms with Crippen molar-refractivity contribution in [1.82, 2.24) is 9.55 Å². The number of aromatic nitrogens is 2. The third-order valence-electron chi connectivity index (χ3n) is 5.15. The first-order valence-corrected chi connectivity index (χ1v) is 9.50. The topological polar surface area (TPSA) is 17.8 Å². The molecule has 134 valence electrons. The molecule has 0 spiro atoms. The number of hydrogen-bond acceptors (Lipinski definition) is 1. The molecule has 2 nitrogen and oxygen atoms in total. The molecule has 0 atom stereocenters. The summed E-state index contributed by atoms with van der Waals surface area (Å²) >= 11 is 0. The van der Waals surface area contributed by atoms with E-state index in [9.17, 15) is 0 Å². The number of fused-ring (bicyclic) bond motifs is 1. The van der Waals surface area contributed by atoms with Crippen LogP contribution in [0.4, 0.5) is 0 Å². The molecule has 0 aliphatic heterocycles. The van der Waals surface area contributed by atoms with E-state index in [-0.39, 0.29) is 0 Å². The second-order valence-electron chi connectivity index (χ2n) is 6.95. The minimum absolute atomic E-state index is 0.991. The highest BCUT2D eigenvalue weighted by Gasteiger charge is 2.15. The minimum Gasteiger partial charge on any atom is -0.297 e. The Bertz CT molecular complexity index is 1240. The van der Waals surface area contributed by atoms with Crippen LogP contribution < -0.4 is 0 Å². The van der Waals surface area contributed by atoms with Crippen LogP contribution in [0.1, 0.15) is 5.82 Å². The number of rotatable bonds is 3. The molecule has 0 radical (unpaired) electrons. The van der Waals surface area contributed by atoms with Crippen molar-refractivity contribution in [3.63, 3.8) is 0 Å². The number of hydrogen-bond donors (Lipinski definition) is 0. The molecule has 28 heavy (non-hydrogen) atoms. The summed E-state index contributed by atoms with van der Waals surface area (Å²) in [5.74, 6) is 0.991. The van der Waals surface area contributed by atoms with Crippen molar-refractivity contribution >= 4 is 11.0 Å². The molecule has 4 aromatic carbocycles. The SMILES string of the molecule is Cc1nc2cc(-c3ccccc3)c(-c3ccccc3)cc2n1-c1ccccc1. The van der Waals surface area contributed by atoms with E-state index in [1.165, 1.54) is 22.3 Å². The lowest BCUT2D eigenvalue weighted by molar-refractivity contribution is 1.00. The van der Waals surface area contributed by atoms with Crippen LogP contribution in [0.15, 0.2) is 103 Å². The first kappa shape index (κ1) is 16.5. The summed E-state index contributed by atoms with van der Waals surface area (Å²) in [5.41, 5.74) is 8.11. The highest BCUT2D eigenvalue weighted by atomic mass is 15.1. The van der Waals surface area contributed by atoms with Crippen LogP contribution in [0.3, 0.4) is 0 Å². The van der Waals surface area contributed by atoms with Crippen molar-refractivity contribution < 1.29 is 0 Å². The van der Waals surface area contributed by atoms with E-state index in [0.29, 0.717) is 0 Å². The van der Waals surface area contributed by atoms with Crippen molar-refractivity contribution in [1.29, 1.82) is 0 Å². The Morgan fingerprint density at radius 1 is 0.607 bits per heavy atom. The third kappa shape index (κ3) is 2.80. The van der Waals surface area contributed by atoms with Gasteiger partial charge in [-0.2, -0.15) is 0 Å². The summed E-state index contributed by atoms with van der Waals surface area (Å²) < 4.78 is 2.23. The van der Waals surface area contributed by atoms with Crippen LogP contribution in [-0.4, -0.2) is 9.55 Å². The van der Waals surface area contributed by atoms with E-state index in [1.807, 2.05) is 6.07 Å². The molecule has 0 bridgehead atoms. The molecule has 0 fully saturated rings. The zero-order chi connectivity index (χ0) is 18.9. The van der Waals surface area contributed by atoms with Gasteiger partial charge in [-0.1, -0.05) is 78.9 Å². The second-order valence-corrected chi connectivity index (χ2v) is 6.95. The Balaban J connectivity index is 1.84. The van der Waals surface area contributed by atoms with Gasteiger partial charge in [-0.25, -0.2) is 4.98 Å². The molecule has 0 aliphatic rings. The first-order chi connectivity index (χ1) is 13.8. The van der Waals surface area contributed by atoms with Gasteiger partial charge in [-0.3, -0.25) is 4.57 Å². The van der Waals surface area contributed by atoms with E-state index in [1.54, 1.807) is 0 Å². The largest absolute Gasteiger partial charge is 0.297 e. The van der Waals surface area contributed by atoms with E-state index < -0.39 is 0 Å². The van der Waals surface area contributed by atoms with Gasteiger partial charge in [0.05, 0.1) is 11.0 Å². The van der Waals surface area contributed by atoms with Crippen molar-refractivity contribution in [2.45, 2.75) is 6.92 Å². The molecule has 0 N–H and O–H groups in total. The molecule has 2 heteroatoms. The van der Waals surface area contributed by atoms with E-state index in [0.717, 1.165) is 22.5 Å². The van der Waals surface area contributed by atoms with Crippen LogP contribution in [0.5, 0.6) is 0 Å². The summed E-state index contributed by atoms with van der Waals surface area (Å²) in [6.07, 6.45) is 0. The molecule has 1 heterocycles. The van der Waals surface area contributed by atoms with E-state index in [2.05, 4.69) is 109 Å². The lowest BCUT2D eigenvalue weighted by atomic mass is 9.94. The fourth-order valence-electron chi connectivity index (χ4n) is 3.86. The average Bonchev–Trinajstić information content (AvgIpc) is 3.09. The number of aryl methyl sites for hydroxylation is 1. The lowest BCUT2D eigenvalue weighted by Gasteiger charge is -2.13. The number of imidazole rings is 1. The average molecular weight is 360 g/mol. The van der Waals surface area contributed by atoms with Crippen LogP contribution in [0.2, 0.25) is 0 Å². The molecule has 0 saturated carbocycles. The van der Waals surface area contributed by atoms with Gasteiger partial charge in [0.25, 0.3) is 0 Å². The standard InChI is InChI=1S/C26H20N2/c1-19-27-25-17-23(20-11-5-2-6-12-20)24(21-13-7-3-8-14-21)18-26(25)28(19)22-15-9-4-10-16-22/h2-18H,1H3. The van der Waals surface area contributed by atoms with Crippen molar-refractivity contribution in [3.8, 4) is 27.9 Å². The quantitative estimate of drug-likeness (QED) is 0.351. The Morgan fingerprint density at radius 2 is 1.11 bits per heavy atom. The van der Waals surface area contributed by atoms with Crippen LogP contribution in [0.25, 0.3) is 39.0 Å². The number of nitrogens with zero attached hydrogens (tertiary/aromatic N) is 2. The molecule has 5 aromatic rings. The summed E-state index contributed by atoms with van der Waals surface area (Å²) in [6.45, 7) is 2.07. The number of para-hydroxylation sites is 1. The minimum atomic E-state index is 0.991. The zero-order valence-electron chi connectivity index (χ0n) is 15.7. The molecule has 1 aromatic heterocycles. The van der Waals surface area contributed by atoms with E-state index in [4.69, 9.17) is 4.98 Å². The fourth-order valence-corrected chi connectivity index (χ4v) is 3.86. The second kappa shape index (κ2) is 6.82. The monoisotopic (exact) mass is 360 g/mol. The summed E-state index contributed by atoms with van der Waals surface area (Å²) in [5, 5.41) is 0. The highest BCUT2D eigenvalue weighted by molar-refractivity contribution is 5.94.